The first-order chi connectivity index (χ1) is 15.6. The number of rotatable bonds is 7. The first-order valence-corrected chi connectivity index (χ1v) is 11.6. The Bertz CT molecular complexity index is 1050. The number of anilines is 1. The highest BCUT2D eigenvalue weighted by atomic mass is 32.1. The second kappa shape index (κ2) is 10.4. The van der Waals surface area contributed by atoms with Gasteiger partial charge in [0.15, 0.2) is 5.13 Å². The molecule has 0 aliphatic carbocycles. The zero-order chi connectivity index (χ0) is 22.3. The van der Waals surface area contributed by atoms with Crippen molar-refractivity contribution >= 4 is 38.6 Å². The zero-order valence-electron chi connectivity index (χ0n) is 18.1. The van der Waals surface area contributed by atoms with Crippen LogP contribution in [0.25, 0.3) is 10.3 Å². The number of pyridine rings is 1. The smallest absolute Gasteiger partial charge is 0.223 e. The van der Waals surface area contributed by atoms with Crippen LogP contribution in [-0.2, 0) is 16.1 Å². The normalized spacial score (nSPS) is 14.3. The number of nitrogens with zero attached hydrogens (tertiary/aromatic N) is 4. The van der Waals surface area contributed by atoms with Crippen molar-refractivity contribution < 1.29 is 14.3 Å². The van der Waals surface area contributed by atoms with Gasteiger partial charge in [-0.25, -0.2) is 9.97 Å². The maximum Gasteiger partial charge on any atom is 0.223 e. The fourth-order valence-electron chi connectivity index (χ4n) is 3.76. The van der Waals surface area contributed by atoms with Crippen molar-refractivity contribution in [3.05, 3.63) is 48.2 Å². The molecule has 9 heteroatoms. The van der Waals surface area contributed by atoms with E-state index in [1.165, 1.54) is 0 Å². The third kappa shape index (κ3) is 5.34. The number of hydrogen-bond acceptors (Lipinski definition) is 7. The minimum absolute atomic E-state index is 0.0188. The molecule has 1 aliphatic heterocycles. The van der Waals surface area contributed by atoms with Crippen molar-refractivity contribution in [1.82, 2.24) is 20.2 Å². The Morgan fingerprint density at radius 1 is 1.09 bits per heavy atom. The molecular formula is C23H27N5O3S. The monoisotopic (exact) mass is 453 g/mol. The maximum absolute atomic E-state index is 12.7. The molecule has 4 rings (SSSR count). The van der Waals surface area contributed by atoms with Crippen LogP contribution in [0.4, 0.5) is 5.13 Å². The van der Waals surface area contributed by atoms with Crippen LogP contribution < -0.4 is 15.0 Å². The van der Waals surface area contributed by atoms with E-state index in [2.05, 4.69) is 20.2 Å². The Hall–Kier alpha value is -3.20. The SMILES string of the molecule is COc1ccccc1CNC(=O)CCC(=O)N1CCCN(c2nc3cccnc3s2)CC1. The summed E-state index contributed by atoms with van der Waals surface area (Å²) in [6.45, 7) is 3.29. The van der Waals surface area contributed by atoms with Gasteiger partial charge in [0.05, 0.1) is 7.11 Å². The number of aromatic nitrogens is 2. The van der Waals surface area contributed by atoms with Crippen LogP contribution in [0.2, 0.25) is 0 Å². The highest BCUT2D eigenvalue weighted by molar-refractivity contribution is 7.21. The molecule has 3 aromatic rings. The van der Waals surface area contributed by atoms with Crippen molar-refractivity contribution in [3.63, 3.8) is 0 Å². The lowest BCUT2D eigenvalue weighted by atomic mass is 10.2. The molecular weight excluding hydrogens is 426 g/mol. The molecule has 168 valence electrons. The number of fused-ring (bicyclic) bond motifs is 1. The number of carbonyl (C=O) groups is 2. The molecule has 2 aromatic heterocycles. The highest BCUT2D eigenvalue weighted by Gasteiger charge is 2.21. The van der Waals surface area contributed by atoms with Crippen LogP contribution in [0.1, 0.15) is 24.8 Å². The van der Waals surface area contributed by atoms with Gasteiger partial charge in [0.2, 0.25) is 11.8 Å². The molecule has 0 spiro atoms. The summed E-state index contributed by atoms with van der Waals surface area (Å²) in [6, 6.07) is 11.4. The number of methoxy groups -OCH3 is 1. The average Bonchev–Trinajstić information content (AvgIpc) is 3.10. The van der Waals surface area contributed by atoms with E-state index in [9.17, 15) is 9.59 Å². The van der Waals surface area contributed by atoms with E-state index in [1.807, 2.05) is 41.3 Å². The fourth-order valence-corrected chi connectivity index (χ4v) is 4.72. The molecule has 0 saturated carbocycles. The molecule has 1 aliphatic rings. The predicted octanol–water partition coefficient (Wildman–Crippen LogP) is 2.84. The topological polar surface area (TPSA) is 87.7 Å². The van der Waals surface area contributed by atoms with Crippen molar-refractivity contribution in [3.8, 4) is 5.75 Å². The number of hydrogen-bond donors (Lipinski definition) is 1. The number of thiazole rings is 1. The van der Waals surface area contributed by atoms with Gasteiger partial charge in [-0.1, -0.05) is 29.5 Å². The van der Waals surface area contributed by atoms with Crippen LogP contribution >= 0.6 is 11.3 Å². The van der Waals surface area contributed by atoms with Crippen LogP contribution in [0.15, 0.2) is 42.6 Å². The van der Waals surface area contributed by atoms with Gasteiger partial charge >= 0.3 is 0 Å². The van der Waals surface area contributed by atoms with Gasteiger partial charge in [-0.3, -0.25) is 9.59 Å². The number of benzene rings is 1. The van der Waals surface area contributed by atoms with Crippen LogP contribution in [0.5, 0.6) is 5.75 Å². The maximum atomic E-state index is 12.7. The molecule has 8 nitrogen and oxygen atoms in total. The van der Waals surface area contributed by atoms with E-state index >= 15 is 0 Å². The minimum atomic E-state index is -0.136. The molecule has 0 bridgehead atoms. The summed E-state index contributed by atoms with van der Waals surface area (Å²) in [6.07, 6.45) is 3.04. The summed E-state index contributed by atoms with van der Waals surface area (Å²) in [4.78, 5) is 39.0. The predicted molar refractivity (Wildman–Crippen MR) is 125 cm³/mol. The van der Waals surface area contributed by atoms with Crippen LogP contribution in [0.3, 0.4) is 0 Å². The lowest BCUT2D eigenvalue weighted by Crippen LogP contribution is -2.36. The van der Waals surface area contributed by atoms with Crippen LogP contribution in [0, 0.1) is 0 Å². The molecule has 1 fully saturated rings. The molecule has 0 atom stereocenters. The summed E-state index contributed by atoms with van der Waals surface area (Å²) in [5.41, 5.74) is 1.82. The minimum Gasteiger partial charge on any atom is -0.496 e. The second-order valence-electron chi connectivity index (χ2n) is 7.63. The quantitative estimate of drug-likeness (QED) is 0.592. The van der Waals surface area contributed by atoms with Gasteiger partial charge in [-0.05, 0) is 24.6 Å². The third-order valence-corrected chi connectivity index (χ3v) is 6.55. The number of para-hydroxylation sites is 1. The van der Waals surface area contributed by atoms with Gasteiger partial charge in [-0.2, -0.15) is 0 Å². The third-order valence-electron chi connectivity index (χ3n) is 5.51. The Kier molecular flexibility index (Phi) is 7.16. The molecule has 1 N–H and O–H groups in total. The second-order valence-corrected chi connectivity index (χ2v) is 8.59. The first-order valence-electron chi connectivity index (χ1n) is 10.8. The summed E-state index contributed by atoms with van der Waals surface area (Å²) in [7, 11) is 1.61. The largest absolute Gasteiger partial charge is 0.496 e. The van der Waals surface area contributed by atoms with Crippen molar-refractivity contribution in [2.24, 2.45) is 0 Å². The summed E-state index contributed by atoms with van der Waals surface area (Å²) >= 11 is 1.58. The number of carbonyl (C=O) groups excluding carboxylic acids is 2. The van der Waals surface area contributed by atoms with Crippen LogP contribution in [-0.4, -0.2) is 60.0 Å². The molecule has 32 heavy (non-hydrogen) atoms. The van der Waals surface area contributed by atoms with E-state index in [0.717, 1.165) is 46.3 Å². The number of nitrogens with one attached hydrogen (secondary N) is 1. The van der Waals surface area contributed by atoms with Gasteiger partial charge in [0.25, 0.3) is 0 Å². The average molecular weight is 454 g/mol. The summed E-state index contributed by atoms with van der Waals surface area (Å²) in [5, 5.41) is 3.82. The van der Waals surface area contributed by atoms with E-state index in [4.69, 9.17) is 4.74 Å². The van der Waals surface area contributed by atoms with Gasteiger partial charge in [0.1, 0.15) is 16.1 Å². The van der Waals surface area contributed by atoms with E-state index in [-0.39, 0.29) is 24.7 Å². The van der Waals surface area contributed by atoms with Gasteiger partial charge < -0.3 is 19.9 Å². The van der Waals surface area contributed by atoms with E-state index in [1.54, 1.807) is 24.6 Å². The molecule has 3 heterocycles. The summed E-state index contributed by atoms with van der Waals surface area (Å²) < 4.78 is 5.30. The van der Waals surface area contributed by atoms with Gasteiger partial charge in [-0.15, -0.1) is 0 Å². The molecule has 1 aromatic carbocycles. The lowest BCUT2D eigenvalue weighted by Gasteiger charge is -2.21. The summed E-state index contributed by atoms with van der Waals surface area (Å²) in [5.74, 6) is 0.620. The van der Waals surface area contributed by atoms with Crippen molar-refractivity contribution in [2.75, 3.05) is 38.2 Å². The van der Waals surface area contributed by atoms with Gasteiger partial charge in [0, 0.05) is 57.3 Å². The molecule has 1 saturated heterocycles. The standard InChI is InChI=1S/C23H27N5O3S/c1-31-19-8-3-2-6-17(19)16-25-20(29)9-10-21(30)27-12-5-13-28(15-14-27)23-26-18-7-4-11-24-22(18)32-23/h2-4,6-8,11H,5,9-10,12-16H2,1H3,(H,25,29). The lowest BCUT2D eigenvalue weighted by molar-refractivity contribution is -0.133. The molecule has 0 radical (unpaired) electrons. The Balaban J connectivity index is 1.24. The molecule has 0 unspecified atom stereocenters. The Morgan fingerprint density at radius 2 is 1.97 bits per heavy atom. The number of amides is 2. The molecule has 2 amide bonds. The Morgan fingerprint density at radius 3 is 2.81 bits per heavy atom. The first kappa shape index (κ1) is 22.0. The highest BCUT2D eigenvalue weighted by Crippen LogP contribution is 2.27. The van der Waals surface area contributed by atoms with E-state index < -0.39 is 0 Å². The van der Waals surface area contributed by atoms with Crippen molar-refractivity contribution in [1.29, 1.82) is 0 Å². The number of ether oxygens (including phenoxy) is 1. The fraction of sp³-hybridized carbons (Fsp3) is 0.391. The van der Waals surface area contributed by atoms with E-state index in [0.29, 0.717) is 19.6 Å². The Labute approximate surface area is 191 Å². The van der Waals surface area contributed by atoms with Crippen molar-refractivity contribution in [2.45, 2.75) is 25.8 Å². The zero-order valence-corrected chi connectivity index (χ0v) is 18.9.